The SMILES string of the molecule is O=C1OCC2C1=CC1=CC3OCOC3=CC1=C2c1ccc2c(c1)OCO2. The molecule has 2 fully saturated rings. The van der Waals surface area contributed by atoms with E-state index in [0.29, 0.717) is 17.9 Å². The number of carbonyl (C=O) groups is 1. The van der Waals surface area contributed by atoms with Crippen molar-refractivity contribution in [3.05, 3.63) is 64.5 Å². The predicted molar refractivity (Wildman–Crippen MR) is 89.0 cm³/mol. The highest BCUT2D eigenvalue weighted by molar-refractivity contribution is 5.99. The molecule has 0 N–H and O–H groups in total. The van der Waals surface area contributed by atoms with Gasteiger partial charge in [-0.25, -0.2) is 4.79 Å². The van der Waals surface area contributed by atoms with E-state index in [4.69, 9.17) is 23.7 Å². The monoisotopic (exact) mass is 350 g/mol. The molecule has 1 aromatic carbocycles. The molecule has 5 aliphatic rings. The molecule has 0 radical (unpaired) electrons. The van der Waals surface area contributed by atoms with Gasteiger partial charge in [-0.15, -0.1) is 0 Å². The minimum Gasteiger partial charge on any atom is -0.469 e. The number of ether oxygens (including phenoxy) is 5. The summed E-state index contributed by atoms with van der Waals surface area (Å²) in [4.78, 5) is 12.2. The lowest BCUT2D eigenvalue weighted by Crippen LogP contribution is -2.18. The molecule has 6 rings (SSSR count). The van der Waals surface area contributed by atoms with E-state index in [1.165, 1.54) is 0 Å². The number of hydrogen-bond acceptors (Lipinski definition) is 6. The highest BCUT2D eigenvalue weighted by Gasteiger charge is 2.40. The van der Waals surface area contributed by atoms with Crippen LogP contribution in [0.25, 0.3) is 5.57 Å². The fraction of sp³-hybridized carbons (Fsp3) is 0.250. The van der Waals surface area contributed by atoms with Crippen LogP contribution in [0.1, 0.15) is 5.56 Å². The molecule has 2 aliphatic carbocycles. The number of cyclic esters (lactones) is 1. The van der Waals surface area contributed by atoms with Gasteiger partial charge in [-0.2, -0.15) is 0 Å². The first-order valence-electron chi connectivity index (χ1n) is 8.49. The Kier molecular flexibility index (Phi) is 2.74. The molecule has 0 amide bonds. The van der Waals surface area contributed by atoms with Crippen molar-refractivity contribution in [1.29, 1.82) is 0 Å². The summed E-state index contributed by atoms with van der Waals surface area (Å²) in [5.41, 5.74) is 4.70. The van der Waals surface area contributed by atoms with Crippen LogP contribution < -0.4 is 9.47 Å². The third-order valence-corrected chi connectivity index (χ3v) is 5.31. The summed E-state index contributed by atoms with van der Waals surface area (Å²) in [6.45, 7) is 0.813. The summed E-state index contributed by atoms with van der Waals surface area (Å²) in [6.07, 6.45) is 5.74. The quantitative estimate of drug-likeness (QED) is 0.725. The van der Waals surface area contributed by atoms with Crippen LogP contribution in [0.3, 0.4) is 0 Å². The first-order chi connectivity index (χ1) is 12.8. The zero-order chi connectivity index (χ0) is 17.3. The molecule has 6 heteroatoms. The second-order valence-corrected chi connectivity index (χ2v) is 6.66. The Morgan fingerprint density at radius 3 is 2.85 bits per heavy atom. The maximum Gasteiger partial charge on any atom is 0.334 e. The van der Waals surface area contributed by atoms with Crippen LogP contribution in [-0.4, -0.2) is 32.3 Å². The second kappa shape index (κ2) is 5.02. The van der Waals surface area contributed by atoms with E-state index in [2.05, 4.69) is 0 Å². The summed E-state index contributed by atoms with van der Waals surface area (Å²) < 4.78 is 27.5. The standard InChI is InChI=1S/C20H14O6/c21-20-13-3-11-5-17-18(26-9-25-17)6-12(11)19(14(13)7-22-20)10-1-2-15-16(4-10)24-8-23-15/h1-6,14,17H,7-9H2. The van der Waals surface area contributed by atoms with E-state index >= 15 is 0 Å². The molecule has 3 aliphatic heterocycles. The van der Waals surface area contributed by atoms with Crippen LogP contribution >= 0.6 is 0 Å². The highest BCUT2D eigenvalue weighted by atomic mass is 16.7. The minimum atomic E-state index is -0.258. The fourth-order valence-electron chi connectivity index (χ4n) is 4.08. The highest BCUT2D eigenvalue weighted by Crippen LogP contribution is 2.47. The van der Waals surface area contributed by atoms with E-state index in [1.54, 1.807) is 0 Å². The minimum absolute atomic E-state index is 0.106. The number of rotatable bonds is 1. The molecule has 2 unspecified atom stereocenters. The zero-order valence-corrected chi connectivity index (χ0v) is 13.7. The summed E-state index contributed by atoms with van der Waals surface area (Å²) in [5, 5.41) is 0. The summed E-state index contributed by atoms with van der Waals surface area (Å²) in [7, 11) is 0. The van der Waals surface area contributed by atoms with Crippen LogP contribution in [-0.2, 0) is 19.0 Å². The van der Waals surface area contributed by atoms with Crippen LogP contribution in [0, 0.1) is 5.92 Å². The largest absolute Gasteiger partial charge is 0.469 e. The average molecular weight is 350 g/mol. The smallest absolute Gasteiger partial charge is 0.334 e. The first-order valence-corrected chi connectivity index (χ1v) is 8.49. The number of hydrogen-bond donors (Lipinski definition) is 0. The van der Waals surface area contributed by atoms with E-state index in [-0.39, 0.29) is 31.6 Å². The molecule has 3 heterocycles. The fourth-order valence-corrected chi connectivity index (χ4v) is 4.08. The molecular weight excluding hydrogens is 336 g/mol. The maximum atomic E-state index is 12.2. The van der Waals surface area contributed by atoms with Crippen molar-refractivity contribution in [3.63, 3.8) is 0 Å². The molecule has 2 saturated heterocycles. The van der Waals surface area contributed by atoms with Gasteiger partial charge in [0.25, 0.3) is 0 Å². The van der Waals surface area contributed by atoms with Crippen LogP contribution in [0.4, 0.5) is 0 Å². The van der Waals surface area contributed by atoms with E-state index in [9.17, 15) is 4.79 Å². The maximum absolute atomic E-state index is 12.2. The third kappa shape index (κ3) is 1.87. The topological polar surface area (TPSA) is 63.2 Å². The lowest BCUT2D eigenvalue weighted by molar-refractivity contribution is -0.135. The molecule has 0 saturated carbocycles. The Morgan fingerprint density at radius 2 is 1.88 bits per heavy atom. The summed E-state index contributed by atoms with van der Waals surface area (Å²) in [5.74, 6) is 1.88. The van der Waals surface area contributed by atoms with Crippen LogP contribution in [0.5, 0.6) is 11.5 Å². The Balaban J connectivity index is 1.57. The Morgan fingerprint density at radius 1 is 0.962 bits per heavy atom. The molecule has 0 aromatic heterocycles. The van der Waals surface area contributed by atoms with Gasteiger partial charge in [0.15, 0.2) is 18.3 Å². The number of carbonyl (C=O) groups excluding carboxylic acids is 1. The van der Waals surface area contributed by atoms with Gasteiger partial charge in [0.2, 0.25) is 6.79 Å². The van der Waals surface area contributed by atoms with Crippen molar-refractivity contribution in [3.8, 4) is 11.5 Å². The normalized spacial score (nSPS) is 27.7. The van der Waals surface area contributed by atoms with Gasteiger partial charge in [0.05, 0.1) is 5.92 Å². The first kappa shape index (κ1) is 14.2. The van der Waals surface area contributed by atoms with Gasteiger partial charge in [0, 0.05) is 5.57 Å². The summed E-state index contributed by atoms with van der Waals surface area (Å²) >= 11 is 0. The van der Waals surface area contributed by atoms with Crippen molar-refractivity contribution in [2.75, 3.05) is 20.2 Å². The molecule has 1 aromatic rings. The Bertz CT molecular complexity index is 980. The number of esters is 1. The molecule has 6 nitrogen and oxygen atoms in total. The van der Waals surface area contributed by atoms with Gasteiger partial charge in [-0.1, -0.05) is 6.07 Å². The lowest BCUT2D eigenvalue weighted by Gasteiger charge is -2.27. The van der Waals surface area contributed by atoms with Crippen LogP contribution in [0.15, 0.2) is 58.9 Å². The van der Waals surface area contributed by atoms with Gasteiger partial charge >= 0.3 is 5.97 Å². The number of fused-ring (bicyclic) bond motifs is 4. The van der Waals surface area contributed by atoms with Crippen molar-refractivity contribution >= 4 is 11.5 Å². The zero-order valence-electron chi connectivity index (χ0n) is 13.7. The lowest BCUT2D eigenvalue weighted by atomic mass is 9.76. The second-order valence-electron chi connectivity index (χ2n) is 6.66. The summed E-state index contributed by atoms with van der Waals surface area (Å²) in [6, 6.07) is 5.86. The molecule has 26 heavy (non-hydrogen) atoms. The van der Waals surface area contributed by atoms with Gasteiger partial charge in [-0.05, 0) is 52.6 Å². The van der Waals surface area contributed by atoms with Crippen molar-refractivity contribution in [1.82, 2.24) is 0 Å². The predicted octanol–water partition coefficient (Wildman–Crippen LogP) is 2.48. The molecule has 0 bridgehead atoms. The van der Waals surface area contributed by atoms with Gasteiger partial charge < -0.3 is 23.7 Å². The van der Waals surface area contributed by atoms with Crippen molar-refractivity contribution in [2.45, 2.75) is 6.10 Å². The van der Waals surface area contributed by atoms with E-state index in [0.717, 1.165) is 33.8 Å². The van der Waals surface area contributed by atoms with E-state index < -0.39 is 0 Å². The Labute approximate surface area is 148 Å². The average Bonchev–Trinajstić information content (AvgIpc) is 3.37. The van der Waals surface area contributed by atoms with E-state index in [1.807, 2.05) is 36.4 Å². The van der Waals surface area contributed by atoms with Gasteiger partial charge in [0.1, 0.15) is 18.5 Å². The van der Waals surface area contributed by atoms with Gasteiger partial charge in [-0.3, -0.25) is 0 Å². The molecular formula is C20H14O6. The molecule has 2 atom stereocenters. The number of benzene rings is 1. The molecule has 0 spiro atoms. The Hall–Kier alpha value is -2.99. The van der Waals surface area contributed by atoms with Crippen molar-refractivity contribution in [2.24, 2.45) is 5.92 Å². The molecule has 130 valence electrons. The van der Waals surface area contributed by atoms with Crippen molar-refractivity contribution < 1.29 is 28.5 Å². The number of allylic oxidation sites excluding steroid dienone is 4. The van der Waals surface area contributed by atoms with Crippen LogP contribution in [0.2, 0.25) is 0 Å². The third-order valence-electron chi connectivity index (χ3n) is 5.31.